The fraction of sp³-hybridized carbons (Fsp3) is 0.263. The van der Waals surface area contributed by atoms with Gasteiger partial charge >= 0.3 is 12.2 Å². The molecule has 2 aromatic rings. The number of nitrogens with zero attached hydrogens (tertiary/aromatic N) is 1. The van der Waals surface area contributed by atoms with Crippen LogP contribution in [0.25, 0.3) is 0 Å². The molecule has 0 aromatic heterocycles. The Labute approximate surface area is 171 Å². The van der Waals surface area contributed by atoms with Crippen LogP contribution in [-0.2, 0) is 6.18 Å². The highest BCUT2D eigenvalue weighted by atomic mass is 35.5. The maximum Gasteiger partial charge on any atom is 0.416 e. The van der Waals surface area contributed by atoms with Crippen molar-refractivity contribution in [2.45, 2.75) is 12.2 Å². The lowest BCUT2D eigenvalue weighted by Crippen LogP contribution is -2.50. The lowest BCUT2D eigenvalue weighted by Gasteiger charge is -2.35. The molecule has 1 aliphatic rings. The first-order valence-corrected chi connectivity index (χ1v) is 8.61. The van der Waals surface area contributed by atoms with Crippen molar-refractivity contribution in [3.8, 4) is 0 Å². The quantitative estimate of drug-likeness (QED) is 0.700. The number of carbonyl (C=O) groups excluding carboxylic acids is 2. The van der Waals surface area contributed by atoms with Gasteiger partial charge in [-0.3, -0.25) is 4.79 Å². The second-order valence-electron chi connectivity index (χ2n) is 6.41. The minimum atomic E-state index is -4.48. The van der Waals surface area contributed by atoms with Gasteiger partial charge in [-0.1, -0.05) is 18.2 Å². The number of hydrogen-bond donors (Lipinski definition) is 3. The molecule has 0 radical (unpaired) electrons. The molecular formula is C19H20ClF3N4O2. The Morgan fingerprint density at radius 3 is 2.45 bits per heavy atom. The summed E-state index contributed by atoms with van der Waals surface area (Å²) in [5.74, 6) is -0.528. The van der Waals surface area contributed by atoms with Gasteiger partial charge in [-0.2, -0.15) is 13.2 Å². The Hall–Kier alpha value is -2.78. The minimum absolute atomic E-state index is 0. The van der Waals surface area contributed by atoms with Gasteiger partial charge in [0.15, 0.2) is 0 Å². The van der Waals surface area contributed by atoms with Crippen LogP contribution in [0.15, 0.2) is 48.5 Å². The third-order valence-corrected chi connectivity index (χ3v) is 4.53. The molecule has 0 spiro atoms. The van der Waals surface area contributed by atoms with E-state index in [2.05, 4.69) is 10.6 Å². The summed E-state index contributed by atoms with van der Waals surface area (Å²) in [6, 6.07) is 10.2. The average molecular weight is 429 g/mol. The summed E-state index contributed by atoms with van der Waals surface area (Å²) < 4.78 is 38.3. The number of nitrogens with one attached hydrogen (secondary N) is 2. The van der Waals surface area contributed by atoms with E-state index in [-0.39, 0.29) is 29.7 Å². The standard InChI is InChI=1S/C19H19F3N4O2.ClH/c20-19(21,22)14-2-1-3-15(10-14)25-17(27)13-6-4-12(5-7-13)16-11-24-8-9-26(16)18(23)28;/h1-7,10,16,24H,8-9,11H2,(H2,23,28)(H,25,27);1H. The first-order chi connectivity index (χ1) is 13.3. The van der Waals surface area contributed by atoms with E-state index in [1.54, 1.807) is 29.2 Å². The van der Waals surface area contributed by atoms with Crippen LogP contribution in [0.5, 0.6) is 0 Å². The molecule has 0 bridgehead atoms. The lowest BCUT2D eigenvalue weighted by atomic mass is 10.0. The topological polar surface area (TPSA) is 87.5 Å². The number of anilines is 1. The molecule has 3 rings (SSSR count). The van der Waals surface area contributed by atoms with Crippen molar-refractivity contribution in [1.29, 1.82) is 0 Å². The summed E-state index contributed by atoms with van der Waals surface area (Å²) in [6.45, 7) is 1.67. The first kappa shape index (κ1) is 22.5. The van der Waals surface area contributed by atoms with Gasteiger partial charge in [0.2, 0.25) is 0 Å². The van der Waals surface area contributed by atoms with Gasteiger partial charge in [0.1, 0.15) is 0 Å². The van der Waals surface area contributed by atoms with E-state index >= 15 is 0 Å². The predicted octanol–water partition coefficient (Wildman–Crippen LogP) is 3.40. The number of primary amides is 1. The van der Waals surface area contributed by atoms with Crippen LogP contribution in [0.2, 0.25) is 0 Å². The maximum atomic E-state index is 12.8. The molecule has 4 N–H and O–H groups in total. The lowest BCUT2D eigenvalue weighted by molar-refractivity contribution is -0.137. The number of alkyl halides is 3. The van der Waals surface area contributed by atoms with Gasteiger partial charge in [0, 0.05) is 30.9 Å². The van der Waals surface area contributed by atoms with E-state index in [1.165, 1.54) is 12.1 Å². The Bertz CT molecular complexity index is 875. The third kappa shape index (κ3) is 5.39. The fourth-order valence-electron chi connectivity index (χ4n) is 3.10. The van der Waals surface area contributed by atoms with Gasteiger partial charge in [-0.15, -0.1) is 12.4 Å². The molecule has 0 aliphatic carbocycles. The summed E-state index contributed by atoms with van der Waals surface area (Å²) in [6.07, 6.45) is -4.48. The molecule has 10 heteroatoms. The molecule has 0 saturated carbocycles. The Kier molecular flexibility index (Phi) is 7.10. The van der Waals surface area contributed by atoms with Crippen LogP contribution >= 0.6 is 12.4 Å². The van der Waals surface area contributed by atoms with Crippen molar-refractivity contribution in [1.82, 2.24) is 10.2 Å². The summed E-state index contributed by atoms with van der Waals surface area (Å²) in [4.78, 5) is 25.5. The zero-order valence-electron chi connectivity index (χ0n) is 15.2. The fourth-order valence-corrected chi connectivity index (χ4v) is 3.10. The van der Waals surface area contributed by atoms with E-state index in [9.17, 15) is 22.8 Å². The number of rotatable bonds is 3. The number of nitrogens with two attached hydrogens (primary N) is 1. The molecular weight excluding hydrogens is 409 g/mol. The molecule has 1 heterocycles. The van der Waals surface area contributed by atoms with Gasteiger partial charge < -0.3 is 21.3 Å². The van der Waals surface area contributed by atoms with Crippen LogP contribution in [0.1, 0.15) is 27.5 Å². The van der Waals surface area contributed by atoms with Crippen LogP contribution in [0.3, 0.4) is 0 Å². The van der Waals surface area contributed by atoms with Crippen molar-refractivity contribution in [3.05, 3.63) is 65.2 Å². The average Bonchev–Trinajstić information content (AvgIpc) is 2.67. The first-order valence-electron chi connectivity index (χ1n) is 8.61. The number of carbonyl (C=O) groups is 2. The molecule has 1 fully saturated rings. The van der Waals surface area contributed by atoms with Crippen molar-refractivity contribution < 1.29 is 22.8 Å². The molecule has 1 atom stereocenters. The van der Waals surface area contributed by atoms with Gasteiger partial charge in [-0.25, -0.2) is 4.79 Å². The SMILES string of the molecule is Cl.NC(=O)N1CCNCC1c1ccc(C(=O)Nc2cccc(C(F)(F)F)c2)cc1. The molecule has 1 unspecified atom stereocenters. The van der Waals surface area contributed by atoms with E-state index in [1.807, 2.05) is 0 Å². The molecule has 3 amide bonds. The van der Waals surface area contributed by atoms with E-state index in [4.69, 9.17) is 5.73 Å². The molecule has 6 nitrogen and oxygen atoms in total. The monoisotopic (exact) mass is 428 g/mol. The second kappa shape index (κ2) is 9.15. The van der Waals surface area contributed by atoms with Crippen LogP contribution in [0.4, 0.5) is 23.7 Å². The molecule has 1 aliphatic heterocycles. The number of urea groups is 1. The molecule has 1 saturated heterocycles. The Morgan fingerprint density at radius 1 is 1.14 bits per heavy atom. The largest absolute Gasteiger partial charge is 0.416 e. The molecule has 2 aromatic carbocycles. The summed E-state index contributed by atoms with van der Waals surface area (Å²) in [5, 5.41) is 5.65. The molecule has 156 valence electrons. The highest BCUT2D eigenvalue weighted by molar-refractivity contribution is 6.04. The van der Waals surface area contributed by atoms with Gasteiger partial charge in [-0.05, 0) is 35.9 Å². The summed E-state index contributed by atoms with van der Waals surface area (Å²) in [5.41, 5.74) is 5.73. The van der Waals surface area contributed by atoms with Crippen LogP contribution < -0.4 is 16.4 Å². The number of hydrogen-bond acceptors (Lipinski definition) is 3. The highest BCUT2D eigenvalue weighted by Gasteiger charge is 2.30. The van der Waals surface area contributed by atoms with Gasteiger partial charge in [0.25, 0.3) is 5.91 Å². The normalized spacial score (nSPS) is 16.7. The van der Waals surface area contributed by atoms with E-state index < -0.39 is 23.7 Å². The summed E-state index contributed by atoms with van der Waals surface area (Å²) >= 11 is 0. The summed E-state index contributed by atoms with van der Waals surface area (Å²) in [7, 11) is 0. The van der Waals surface area contributed by atoms with Crippen LogP contribution in [0, 0.1) is 0 Å². The zero-order valence-corrected chi connectivity index (χ0v) is 16.0. The van der Waals surface area contributed by atoms with E-state index in [0.717, 1.165) is 17.7 Å². The predicted molar refractivity (Wildman–Crippen MR) is 105 cm³/mol. The van der Waals surface area contributed by atoms with Crippen molar-refractivity contribution in [2.75, 3.05) is 25.0 Å². The van der Waals surface area contributed by atoms with Crippen LogP contribution in [-0.4, -0.2) is 36.5 Å². The number of piperazine rings is 1. The Balaban J connectivity index is 0.00000300. The third-order valence-electron chi connectivity index (χ3n) is 4.53. The maximum absolute atomic E-state index is 12.8. The molecule has 29 heavy (non-hydrogen) atoms. The number of amides is 3. The van der Waals surface area contributed by atoms with Crippen molar-refractivity contribution in [2.24, 2.45) is 5.73 Å². The van der Waals surface area contributed by atoms with Crippen molar-refractivity contribution >= 4 is 30.0 Å². The van der Waals surface area contributed by atoms with E-state index in [0.29, 0.717) is 19.6 Å². The number of halogens is 4. The number of benzene rings is 2. The smallest absolute Gasteiger partial charge is 0.351 e. The van der Waals surface area contributed by atoms with Gasteiger partial charge in [0.05, 0.1) is 11.6 Å². The highest BCUT2D eigenvalue weighted by Crippen LogP contribution is 2.30. The second-order valence-corrected chi connectivity index (χ2v) is 6.41. The zero-order chi connectivity index (χ0) is 20.3. The van der Waals surface area contributed by atoms with Crippen molar-refractivity contribution in [3.63, 3.8) is 0 Å². The Morgan fingerprint density at radius 2 is 1.83 bits per heavy atom. The minimum Gasteiger partial charge on any atom is -0.351 e.